The third-order valence-electron chi connectivity index (χ3n) is 2.22. The fourth-order valence-electron chi connectivity index (χ4n) is 1.50. The lowest BCUT2D eigenvalue weighted by molar-refractivity contribution is -0.152. The molecule has 1 aliphatic heterocycles. The molecule has 17 heavy (non-hydrogen) atoms. The van der Waals surface area contributed by atoms with Crippen LogP contribution < -0.4 is 0 Å². The average molecular weight is 276 g/mol. The van der Waals surface area contributed by atoms with Gasteiger partial charge >= 0.3 is 17.3 Å². The Balaban J connectivity index is 2.03. The summed E-state index contributed by atoms with van der Waals surface area (Å²) in [6.07, 6.45) is -0.959. The maximum atomic E-state index is 11.6. The van der Waals surface area contributed by atoms with E-state index in [0.29, 0.717) is 6.42 Å². The molecule has 0 spiro atoms. The summed E-state index contributed by atoms with van der Waals surface area (Å²) < 4.78 is 26.0. The van der Waals surface area contributed by atoms with Gasteiger partial charge in [0.05, 0.1) is 6.61 Å². The molecule has 1 aromatic heterocycles. The maximum absolute atomic E-state index is 11.6. The third kappa shape index (κ3) is 3.12. The van der Waals surface area contributed by atoms with E-state index in [0.717, 1.165) is 4.88 Å². The molecular formula is C10H12O5S2. The molecule has 0 N–H and O–H groups in total. The zero-order valence-electron chi connectivity index (χ0n) is 9.16. The van der Waals surface area contributed by atoms with E-state index >= 15 is 0 Å². The monoisotopic (exact) mass is 276 g/mol. The lowest BCUT2D eigenvalue weighted by Gasteiger charge is -2.12. The number of hydrogen-bond acceptors (Lipinski definition) is 6. The first-order valence-electron chi connectivity index (χ1n) is 5.15. The summed E-state index contributed by atoms with van der Waals surface area (Å²) in [6.45, 7) is 1.97. The molecule has 1 aliphatic rings. The normalized spacial score (nSPS) is 28.2. The van der Waals surface area contributed by atoms with Crippen molar-refractivity contribution >= 4 is 28.7 Å². The highest BCUT2D eigenvalue weighted by atomic mass is 32.2. The Morgan fingerprint density at radius 1 is 1.59 bits per heavy atom. The Kier molecular flexibility index (Phi) is 4.27. The van der Waals surface area contributed by atoms with E-state index in [1.807, 2.05) is 17.5 Å². The summed E-state index contributed by atoms with van der Waals surface area (Å²) in [5.41, 5.74) is 0. The minimum Gasteiger partial charge on any atom is -0.464 e. The average Bonchev–Trinajstić information content (AvgIpc) is 2.89. The van der Waals surface area contributed by atoms with Crippen LogP contribution in [0.4, 0.5) is 0 Å². The van der Waals surface area contributed by atoms with Crippen molar-refractivity contribution in [3.05, 3.63) is 22.4 Å². The smallest absolute Gasteiger partial charge is 0.339 e. The SMILES string of the molecule is CCOC(=O)[C@H]1OS(=O)O[C@@H]1Cc1cccs1. The highest BCUT2D eigenvalue weighted by molar-refractivity contribution is 7.75. The minimum absolute atomic E-state index is 0.261. The molecule has 1 unspecified atom stereocenters. The number of esters is 1. The van der Waals surface area contributed by atoms with Gasteiger partial charge in [-0.1, -0.05) is 6.07 Å². The van der Waals surface area contributed by atoms with Gasteiger partial charge in [-0.25, -0.2) is 4.79 Å². The van der Waals surface area contributed by atoms with Crippen molar-refractivity contribution in [1.29, 1.82) is 0 Å². The number of thiophene rings is 1. The third-order valence-corrected chi connectivity index (χ3v) is 3.89. The standard InChI is InChI=1S/C10H12O5S2/c1-2-13-10(11)9-8(14-17(12)15-9)6-7-4-3-5-16-7/h3-5,8-9H,2,6H2,1H3/t8-,9+,17?/m1/s1. The van der Waals surface area contributed by atoms with Crippen LogP contribution >= 0.6 is 11.3 Å². The Hall–Kier alpha value is -0.760. The van der Waals surface area contributed by atoms with Crippen molar-refractivity contribution in [2.24, 2.45) is 0 Å². The molecule has 0 aromatic carbocycles. The van der Waals surface area contributed by atoms with Crippen LogP contribution in [0.3, 0.4) is 0 Å². The number of rotatable bonds is 4. The summed E-state index contributed by atoms with van der Waals surface area (Å²) in [5.74, 6) is -0.528. The first-order chi connectivity index (χ1) is 8.20. The highest BCUT2D eigenvalue weighted by Crippen LogP contribution is 2.24. The van der Waals surface area contributed by atoms with Gasteiger partial charge in [-0.05, 0) is 18.4 Å². The molecule has 1 saturated heterocycles. The van der Waals surface area contributed by atoms with Crippen LogP contribution in [0.2, 0.25) is 0 Å². The van der Waals surface area contributed by atoms with Crippen molar-refractivity contribution in [3.63, 3.8) is 0 Å². The van der Waals surface area contributed by atoms with E-state index < -0.39 is 29.5 Å². The Morgan fingerprint density at radius 3 is 3.06 bits per heavy atom. The topological polar surface area (TPSA) is 61.8 Å². The van der Waals surface area contributed by atoms with Crippen molar-refractivity contribution < 1.29 is 22.1 Å². The molecule has 0 aliphatic carbocycles. The van der Waals surface area contributed by atoms with Crippen LogP contribution in [0.1, 0.15) is 11.8 Å². The molecule has 5 nitrogen and oxygen atoms in total. The van der Waals surface area contributed by atoms with Gasteiger partial charge in [0.2, 0.25) is 6.10 Å². The van der Waals surface area contributed by atoms with E-state index in [9.17, 15) is 9.00 Å². The fourth-order valence-corrected chi connectivity index (χ4v) is 3.04. The second kappa shape index (κ2) is 5.72. The van der Waals surface area contributed by atoms with Crippen LogP contribution in [0, 0.1) is 0 Å². The van der Waals surface area contributed by atoms with E-state index in [2.05, 4.69) is 0 Å². The maximum Gasteiger partial charge on any atom is 0.339 e. The first-order valence-corrected chi connectivity index (χ1v) is 7.03. The van der Waals surface area contributed by atoms with Gasteiger partial charge in [0.15, 0.2) is 0 Å². The number of carbonyl (C=O) groups excluding carboxylic acids is 1. The van der Waals surface area contributed by atoms with Gasteiger partial charge in [0.25, 0.3) is 0 Å². The number of carbonyl (C=O) groups is 1. The summed E-state index contributed by atoms with van der Waals surface area (Å²) in [4.78, 5) is 12.6. The van der Waals surface area contributed by atoms with Crippen LogP contribution in [0.5, 0.6) is 0 Å². The van der Waals surface area contributed by atoms with E-state index in [-0.39, 0.29) is 6.61 Å². The predicted molar refractivity (Wildman–Crippen MR) is 62.5 cm³/mol. The molecule has 1 fully saturated rings. The fraction of sp³-hybridized carbons (Fsp3) is 0.500. The molecule has 0 radical (unpaired) electrons. The van der Waals surface area contributed by atoms with Crippen LogP contribution in [-0.2, 0) is 35.7 Å². The second-order valence-corrected chi connectivity index (χ2v) is 5.22. The van der Waals surface area contributed by atoms with Crippen molar-refractivity contribution in [2.75, 3.05) is 6.61 Å². The number of ether oxygens (including phenoxy) is 1. The predicted octanol–water partition coefficient (Wildman–Crippen LogP) is 1.22. The van der Waals surface area contributed by atoms with Gasteiger partial charge in [-0.3, -0.25) is 8.37 Å². The van der Waals surface area contributed by atoms with Gasteiger partial charge in [0, 0.05) is 11.3 Å². The number of hydrogen-bond donors (Lipinski definition) is 0. The van der Waals surface area contributed by atoms with E-state index in [1.165, 1.54) is 0 Å². The second-order valence-electron chi connectivity index (χ2n) is 3.39. The van der Waals surface area contributed by atoms with Crippen LogP contribution in [0.15, 0.2) is 17.5 Å². The summed E-state index contributed by atoms with van der Waals surface area (Å²) >= 11 is -0.313. The Bertz CT molecular complexity index is 403. The van der Waals surface area contributed by atoms with Gasteiger partial charge in [-0.2, -0.15) is 4.21 Å². The molecule has 0 saturated carbocycles. The summed E-state index contributed by atoms with van der Waals surface area (Å²) in [7, 11) is 0. The van der Waals surface area contributed by atoms with Crippen LogP contribution in [-0.4, -0.2) is 29.0 Å². The molecule has 2 rings (SSSR count). The lowest BCUT2D eigenvalue weighted by atomic mass is 10.1. The molecule has 0 bridgehead atoms. The summed E-state index contributed by atoms with van der Waals surface area (Å²) in [5, 5.41) is 1.93. The molecule has 7 heteroatoms. The summed E-state index contributed by atoms with van der Waals surface area (Å²) in [6, 6.07) is 3.84. The highest BCUT2D eigenvalue weighted by Gasteiger charge is 2.41. The zero-order chi connectivity index (χ0) is 12.3. The quantitative estimate of drug-likeness (QED) is 0.774. The van der Waals surface area contributed by atoms with Crippen molar-refractivity contribution in [3.8, 4) is 0 Å². The molecule has 94 valence electrons. The van der Waals surface area contributed by atoms with Crippen LogP contribution in [0.25, 0.3) is 0 Å². The molecule has 2 heterocycles. The van der Waals surface area contributed by atoms with E-state index in [1.54, 1.807) is 18.3 Å². The minimum atomic E-state index is -1.86. The lowest BCUT2D eigenvalue weighted by Crippen LogP contribution is -2.34. The molecule has 0 amide bonds. The van der Waals surface area contributed by atoms with E-state index in [4.69, 9.17) is 13.1 Å². The largest absolute Gasteiger partial charge is 0.464 e. The Labute approximate surface area is 106 Å². The van der Waals surface area contributed by atoms with Crippen molar-refractivity contribution in [2.45, 2.75) is 25.6 Å². The Morgan fingerprint density at radius 2 is 2.41 bits per heavy atom. The van der Waals surface area contributed by atoms with Gasteiger partial charge in [-0.15, -0.1) is 11.3 Å². The zero-order valence-corrected chi connectivity index (χ0v) is 10.8. The van der Waals surface area contributed by atoms with Crippen molar-refractivity contribution in [1.82, 2.24) is 0 Å². The van der Waals surface area contributed by atoms with Gasteiger partial charge < -0.3 is 4.74 Å². The first kappa shape index (κ1) is 12.7. The molecule has 3 atom stereocenters. The molecular weight excluding hydrogens is 264 g/mol. The van der Waals surface area contributed by atoms with Gasteiger partial charge in [0.1, 0.15) is 6.10 Å². The molecule has 1 aromatic rings.